The van der Waals surface area contributed by atoms with E-state index >= 15 is 0 Å². The van der Waals surface area contributed by atoms with E-state index < -0.39 is 5.95 Å². The Bertz CT molecular complexity index is 1140. The van der Waals surface area contributed by atoms with Gasteiger partial charge >= 0.3 is 0 Å². The summed E-state index contributed by atoms with van der Waals surface area (Å²) in [5, 5.41) is 6.19. The first-order valence-corrected chi connectivity index (χ1v) is 9.80. The summed E-state index contributed by atoms with van der Waals surface area (Å²) in [4.78, 5) is 16.0. The average Bonchev–Trinajstić information content (AvgIpc) is 2.73. The van der Waals surface area contributed by atoms with Gasteiger partial charge in [-0.3, -0.25) is 4.79 Å². The molecule has 0 bridgehead atoms. The zero-order chi connectivity index (χ0) is 20.0. The number of benzene rings is 2. The number of carbonyl (C=O) groups is 1. The van der Waals surface area contributed by atoms with Gasteiger partial charge in [-0.15, -0.1) is 0 Å². The lowest BCUT2D eigenvalue weighted by Gasteiger charge is -2.19. The Morgan fingerprint density at radius 1 is 0.862 bits per heavy atom. The van der Waals surface area contributed by atoms with E-state index in [0.29, 0.717) is 23.2 Å². The number of halogens is 1. The molecule has 6 heteroatoms. The molecule has 0 radical (unpaired) electrons. The van der Waals surface area contributed by atoms with Crippen LogP contribution in [0.1, 0.15) is 27.0 Å². The van der Waals surface area contributed by atoms with Gasteiger partial charge in [0.1, 0.15) is 5.82 Å². The average molecular weight is 388 g/mol. The maximum absolute atomic E-state index is 14.7. The molecule has 3 aromatic rings. The number of amides is 1. The van der Waals surface area contributed by atoms with Crippen LogP contribution in [0.3, 0.4) is 0 Å². The van der Waals surface area contributed by atoms with Crippen LogP contribution in [0.4, 0.5) is 10.2 Å². The molecule has 4 N–H and O–H groups in total. The van der Waals surface area contributed by atoms with Crippen molar-refractivity contribution in [2.24, 2.45) is 0 Å². The van der Waals surface area contributed by atoms with Gasteiger partial charge in [0.15, 0.2) is 0 Å². The molecule has 2 aliphatic heterocycles. The molecular weight excluding hydrogens is 367 g/mol. The topological polar surface area (TPSA) is 80.0 Å². The minimum Gasteiger partial charge on any atom is -0.383 e. The van der Waals surface area contributed by atoms with Crippen LogP contribution in [0.2, 0.25) is 0 Å². The highest BCUT2D eigenvalue weighted by Crippen LogP contribution is 2.34. The third-order valence-corrected chi connectivity index (χ3v) is 5.75. The molecule has 0 atom stereocenters. The Morgan fingerprint density at radius 3 is 2.52 bits per heavy atom. The number of hydrogen-bond donors (Lipinski definition) is 3. The number of nitrogens with one attached hydrogen (secondary N) is 2. The van der Waals surface area contributed by atoms with Crippen LogP contribution in [-0.4, -0.2) is 24.0 Å². The smallest absolute Gasteiger partial charge is 0.251 e. The van der Waals surface area contributed by atoms with Crippen molar-refractivity contribution < 1.29 is 9.18 Å². The quantitative estimate of drug-likeness (QED) is 0.590. The van der Waals surface area contributed by atoms with E-state index in [-0.39, 0.29) is 11.7 Å². The van der Waals surface area contributed by atoms with Crippen molar-refractivity contribution in [2.75, 3.05) is 18.8 Å². The number of carbonyl (C=O) groups excluding carboxylic acids is 1. The van der Waals surface area contributed by atoms with Crippen LogP contribution in [0, 0.1) is 5.95 Å². The number of fused-ring (bicyclic) bond motifs is 2. The summed E-state index contributed by atoms with van der Waals surface area (Å²) in [6.07, 6.45) is 1.74. The lowest BCUT2D eigenvalue weighted by atomic mass is 9.92. The zero-order valence-corrected chi connectivity index (χ0v) is 15.9. The van der Waals surface area contributed by atoms with E-state index in [1.807, 2.05) is 24.3 Å². The molecule has 1 aromatic heterocycles. The minimum atomic E-state index is -0.577. The van der Waals surface area contributed by atoms with Gasteiger partial charge < -0.3 is 16.4 Å². The highest BCUT2D eigenvalue weighted by Gasteiger charge is 2.19. The normalized spacial score (nSPS) is 15.4. The van der Waals surface area contributed by atoms with Crippen molar-refractivity contribution >= 4 is 11.7 Å². The first kappa shape index (κ1) is 17.8. The molecule has 5 rings (SSSR count). The van der Waals surface area contributed by atoms with Crippen LogP contribution in [0.5, 0.6) is 0 Å². The first-order chi connectivity index (χ1) is 14.1. The van der Waals surface area contributed by atoms with Crippen molar-refractivity contribution in [1.29, 1.82) is 0 Å². The number of anilines is 1. The third-order valence-electron chi connectivity index (χ3n) is 5.75. The molecule has 0 saturated carbocycles. The second kappa shape index (κ2) is 6.97. The standard InChI is InChI=1S/C23H21FN4O/c24-21-19(14-2-1-13-5-7-26-12-17(13)10-14)11-20(22(25)28-21)15-3-4-18-16(9-15)6-8-27-23(18)29/h1-4,9-11,26H,5-8,12H2,(H2,25,28)(H,27,29). The number of pyridine rings is 1. The molecule has 0 fully saturated rings. The lowest BCUT2D eigenvalue weighted by Crippen LogP contribution is -2.31. The lowest BCUT2D eigenvalue weighted by molar-refractivity contribution is 0.0946. The summed E-state index contributed by atoms with van der Waals surface area (Å²) in [7, 11) is 0. The highest BCUT2D eigenvalue weighted by atomic mass is 19.1. The van der Waals surface area contributed by atoms with E-state index in [9.17, 15) is 9.18 Å². The van der Waals surface area contributed by atoms with Gasteiger partial charge in [0.25, 0.3) is 5.91 Å². The fraction of sp³-hybridized carbons (Fsp3) is 0.217. The third kappa shape index (κ3) is 3.15. The van der Waals surface area contributed by atoms with Crippen molar-refractivity contribution in [3.63, 3.8) is 0 Å². The number of hydrogen-bond acceptors (Lipinski definition) is 4. The van der Waals surface area contributed by atoms with Crippen LogP contribution in [-0.2, 0) is 19.4 Å². The SMILES string of the molecule is Nc1nc(F)c(-c2ccc3c(c2)CNCC3)cc1-c1ccc2c(c1)CCNC2=O. The van der Waals surface area contributed by atoms with Crippen molar-refractivity contribution in [2.45, 2.75) is 19.4 Å². The zero-order valence-electron chi connectivity index (χ0n) is 15.9. The van der Waals surface area contributed by atoms with Gasteiger partial charge in [0, 0.05) is 29.8 Å². The van der Waals surface area contributed by atoms with E-state index in [2.05, 4.69) is 21.7 Å². The summed E-state index contributed by atoms with van der Waals surface area (Å²) in [6, 6.07) is 13.4. The number of nitrogens with two attached hydrogens (primary N) is 1. The maximum atomic E-state index is 14.7. The Morgan fingerprint density at radius 2 is 1.62 bits per heavy atom. The van der Waals surface area contributed by atoms with Crippen molar-refractivity contribution in [3.8, 4) is 22.3 Å². The summed E-state index contributed by atoms with van der Waals surface area (Å²) in [5.74, 6) is -0.496. The molecular formula is C23H21FN4O. The Hall–Kier alpha value is -3.25. The van der Waals surface area contributed by atoms with Gasteiger partial charge in [-0.2, -0.15) is 4.39 Å². The minimum absolute atomic E-state index is 0.0636. The predicted molar refractivity (Wildman–Crippen MR) is 111 cm³/mol. The molecule has 0 aliphatic carbocycles. The molecule has 146 valence electrons. The van der Waals surface area contributed by atoms with Crippen LogP contribution < -0.4 is 16.4 Å². The molecule has 1 amide bonds. The molecule has 0 unspecified atom stereocenters. The summed E-state index contributed by atoms with van der Waals surface area (Å²) in [5.41, 5.74) is 12.9. The van der Waals surface area contributed by atoms with Crippen LogP contribution in [0.15, 0.2) is 42.5 Å². The number of rotatable bonds is 2. The molecule has 2 aromatic carbocycles. The van der Waals surface area contributed by atoms with Gasteiger partial charge in [-0.25, -0.2) is 4.98 Å². The van der Waals surface area contributed by atoms with Crippen LogP contribution in [0.25, 0.3) is 22.3 Å². The summed E-state index contributed by atoms with van der Waals surface area (Å²) in [6.45, 7) is 2.36. The number of aromatic nitrogens is 1. The highest BCUT2D eigenvalue weighted by molar-refractivity contribution is 5.97. The van der Waals surface area contributed by atoms with Gasteiger partial charge in [0.2, 0.25) is 5.95 Å². The second-order valence-electron chi connectivity index (χ2n) is 7.55. The van der Waals surface area contributed by atoms with E-state index in [1.54, 1.807) is 12.1 Å². The first-order valence-electron chi connectivity index (χ1n) is 9.80. The molecule has 3 heterocycles. The van der Waals surface area contributed by atoms with Gasteiger partial charge in [-0.05, 0) is 65.4 Å². The van der Waals surface area contributed by atoms with E-state index in [0.717, 1.165) is 42.6 Å². The van der Waals surface area contributed by atoms with Gasteiger partial charge in [0.05, 0.1) is 0 Å². The summed E-state index contributed by atoms with van der Waals surface area (Å²) < 4.78 is 14.7. The summed E-state index contributed by atoms with van der Waals surface area (Å²) >= 11 is 0. The largest absolute Gasteiger partial charge is 0.383 e. The Labute approximate surface area is 168 Å². The number of nitrogens with zero attached hydrogens (tertiary/aromatic N) is 1. The second-order valence-corrected chi connectivity index (χ2v) is 7.55. The Kier molecular flexibility index (Phi) is 4.28. The van der Waals surface area contributed by atoms with Crippen LogP contribution >= 0.6 is 0 Å². The van der Waals surface area contributed by atoms with E-state index in [1.165, 1.54) is 11.1 Å². The molecule has 29 heavy (non-hydrogen) atoms. The molecule has 5 nitrogen and oxygen atoms in total. The molecule has 0 spiro atoms. The maximum Gasteiger partial charge on any atom is 0.251 e. The Balaban J connectivity index is 1.60. The number of nitrogen functional groups attached to an aromatic ring is 1. The van der Waals surface area contributed by atoms with Crippen molar-refractivity contribution in [1.82, 2.24) is 15.6 Å². The fourth-order valence-corrected chi connectivity index (χ4v) is 4.18. The van der Waals surface area contributed by atoms with Gasteiger partial charge in [-0.1, -0.05) is 24.3 Å². The molecule has 2 aliphatic rings. The monoisotopic (exact) mass is 388 g/mol. The van der Waals surface area contributed by atoms with Crippen molar-refractivity contribution in [3.05, 3.63) is 70.7 Å². The molecule has 0 saturated heterocycles. The van der Waals surface area contributed by atoms with E-state index in [4.69, 9.17) is 5.73 Å². The fourth-order valence-electron chi connectivity index (χ4n) is 4.18. The predicted octanol–water partition coefficient (Wildman–Crippen LogP) is 3.07.